The van der Waals surface area contributed by atoms with Crippen molar-refractivity contribution in [1.82, 2.24) is 4.90 Å². The van der Waals surface area contributed by atoms with Crippen LogP contribution < -0.4 is 4.90 Å². The topological polar surface area (TPSA) is 64.4 Å². The van der Waals surface area contributed by atoms with Crippen LogP contribution in [0.4, 0.5) is 5.69 Å². The summed E-state index contributed by atoms with van der Waals surface area (Å²) in [5, 5.41) is 8.89. The molecular formula is C20H21N3O2S. The monoisotopic (exact) mass is 367 g/mol. The van der Waals surface area contributed by atoms with Crippen molar-refractivity contribution in [3.05, 3.63) is 59.2 Å². The molecule has 1 aliphatic rings. The second-order valence-electron chi connectivity index (χ2n) is 6.37. The molecule has 6 heteroatoms. The van der Waals surface area contributed by atoms with Crippen molar-refractivity contribution in [2.24, 2.45) is 0 Å². The lowest BCUT2D eigenvalue weighted by Gasteiger charge is -2.36. The zero-order chi connectivity index (χ0) is 18.7. The Hall–Kier alpha value is -2.65. The number of aryl methyl sites for hydroxylation is 1. The highest BCUT2D eigenvalue weighted by Gasteiger charge is 2.23. The van der Waals surface area contributed by atoms with Crippen molar-refractivity contribution in [3.63, 3.8) is 0 Å². The molecule has 1 amide bonds. The molecule has 0 aliphatic carbocycles. The molecule has 0 bridgehead atoms. The van der Waals surface area contributed by atoms with Crippen LogP contribution >= 0.6 is 0 Å². The number of hydrogen-bond acceptors (Lipinski definition) is 4. The molecule has 0 saturated carbocycles. The second kappa shape index (κ2) is 7.71. The van der Waals surface area contributed by atoms with Crippen molar-refractivity contribution in [2.45, 2.75) is 11.8 Å². The minimum atomic E-state index is -1.10. The zero-order valence-corrected chi connectivity index (χ0v) is 15.8. The van der Waals surface area contributed by atoms with Gasteiger partial charge in [-0.05, 0) is 48.9 Å². The number of carbonyl (C=O) groups excluding carboxylic acids is 1. The summed E-state index contributed by atoms with van der Waals surface area (Å²) >= 11 is 0. The number of anilines is 1. The third-order valence-corrected chi connectivity index (χ3v) is 5.62. The molecule has 0 radical (unpaired) electrons. The molecular weight excluding hydrogens is 346 g/mol. The number of hydrogen-bond donors (Lipinski definition) is 0. The molecule has 2 aromatic rings. The van der Waals surface area contributed by atoms with E-state index < -0.39 is 10.8 Å². The Morgan fingerprint density at radius 2 is 1.73 bits per heavy atom. The zero-order valence-electron chi connectivity index (χ0n) is 14.9. The highest BCUT2D eigenvalue weighted by atomic mass is 32.2. The van der Waals surface area contributed by atoms with Gasteiger partial charge in [-0.15, -0.1) is 0 Å². The second-order valence-corrected chi connectivity index (χ2v) is 7.75. The molecule has 2 aromatic carbocycles. The Morgan fingerprint density at radius 1 is 1.08 bits per heavy atom. The summed E-state index contributed by atoms with van der Waals surface area (Å²) in [7, 11) is -1.10. The SMILES string of the molecule is Cc1ccc(S(C)=O)cc1C(=O)N1CCN(c2ccc(C#N)cc2)CC1. The van der Waals surface area contributed by atoms with Gasteiger partial charge in [0.05, 0.1) is 11.6 Å². The molecule has 1 heterocycles. The molecule has 1 unspecified atom stereocenters. The quantitative estimate of drug-likeness (QED) is 0.836. The van der Waals surface area contributed by atoms with Gasteiger partial charge in [0.2, 0.25) is 0 Å². The number of benzene rings is 2. The predicted molar refractivity (Wildman–Crippen MR) is 103 cm³/mol. The van der Waals surface area contributed by atoms with E-state index in [0.717, 1.165) is 24.3 Å². The van der Waals surface area contributed by atoms with Gasteiger partial charge in [-0.1, -0.05) is 6.07 Å². The average molecular weight is 367 g/mol. The molecule has 3 rings (SSSR count). The minimum absolute atomic E-state index is 0.00530. The fourth-order valence-corrected chi connectivity index (χ4v) is 3.64. The first-order valence-corrected chi connectivity index (χ1v) is 10.0. The van der Waals surface area contributed by atoms with E-state index in [-0.39, 0.29) is 5.91 Å². The van der Waals surface area contributed by atoms with Gasteiger partial charge < -0.3 is 9.80 Å². The molecule has 1 aliphatic heterocycles. The van der Waals surface area contributed by atoms with E-state index in [9.17, 15) is 9.00 Å². The molecule has 0 aromatic heterocycles. The van der Waals surface area contributed by atoms with Crippen LogP contribution in [0, 0.1) is 18.3 Å². The summed E-state index contributed by atoms with van der Waals surface area (Å²) in [6, 6.07) is 15.1. The van der Waals surface area contributed by atoms with Gasteiger partial charge in [-0.2, -0.15) is 5.26 Å². The van der Waals surface area contributed by atoms with Gasteiger partial charge in [0.15, 0.2) is 0 Å². The molecule has 0 N–H and O–H groups in total. The molecule has 5 nitrogen and oxygen atoms in total. The van der Waals surface area contributed by atoms with Crippen molar-refractivity contribution in [2.75, 3.05) is 37.3 Å². The van der Waals surface area contributed by atoms with Gasteiger partial charge >= 0.3 is 0 Å². The Morgan fingerprint density at radius 3 is 2.31 bits per heavy atom. The third kappa shape index (κ3) is 3.78. The van der Waals surface area contributed by atoms with Crippen LogP contribution in [0.3, 0.4) is 0 Å². The summed E-state index contributed by atoms with van der Waals surface area (Å²) in [5.74, 6) is -0.00530. The van der Waals surface area contributed by atoms with E-state index in [1.54, 1.807) is 12.3 Å². The number of rotatable bonds is 3. The molecule has 1 saturated heterocycles. The Bertz CT molecular complexity index is 879. The van der Waals surface area contributed by atoms with Gasteiger partial charge in [-0.3, -0.25) is 9.00 Å². The summed E-state index contributed by atoms with van der Waals surface area (Å²) in [5.41, 5.74) is 3.24. The first-order chi connectivity index (χ1) is 12.5. The maximum absolute atomic E-state index is 12.9. The normalized spacial score (nSPS) is 15.4. The van der Waals surface area contributed by atoms with Gasteiger partial charge in [0.25, 0.3) is 5.91 Å². The standard InChI is InChI=1S/C20H21N3O2S/c1-15-3-8-18(26(2)25)13-19(15)20(24)23-11-9-22(10-12-23)17-6-4-16(14-21)5-7-17/h3-8,13H,9-12H2,1-2H3. The summed E-state index contributed by atoms with van der Waals surface area (Å²) in [6.07, 6.45) is 1.62. The smallest absolute Gasteiger partial charge is 0.254 e. The van der Waals surface area contributed by atoms with Crippen molar-refractivity contribution >= 4 is 22.4 Å². The van der Waals surface area contributed by atoms with E-state index in [4.69, 9.17) is 5.26 Å². The van der Waals surface area contributed by atoms with Crippen molar-refractivity contribution in [1.29, 1.82) is 5.26 Å². The van der Waals surface area contributed by atoms with E-state index in [1.807, 2.05) is 48.2 Å². The lowest BCUT2D eigenvalue weighted by atomic mass is 10.1. The van der Waals surface area contributed by atoms with E-state index in [0.29, 0.717) is 29.1 Å². The van der Waals surface area contributed by atoms with Crippen molar-refractivity contribution in [3.8, 4) is 6.07 Å². The fourth-order valence-electron chi connectivity index (χ4n) is 3.10. The maximum Gasteiger partial charge on any atom is 0.254 e. The van der Waals surface area contributed by atoms with Gasteiger partial charge in [0, 0.05) is 59.4 Å². The van der Waals surface area contributed by atoms with Gasteiger partial charge in [-0.25, -0.2) is 0 Å². The van der Waals surface area contributed by atoms with Crippen molar-refractivity contribution < 1.29 is 9.00 Å². The fraction of sp³-hybridized carbons (Fsp3) is 0.300. The van der Waals surface area contributed by atoms with E-state index in [2.05, 4.69) is 11.0 Å². The van der Waals surface area contributed by atoms with Crippen LogP contribution in [0.25, 0.3) is 0 Å². The van der Waals surface area contributed by atoms with Crippen LogP contribution in [-0.4, -0.2) is 47.5 Å². The molecule has 1 fully saturated rings. The summed E-state index contributed by atoms with van der Waals surface area (Å²) in [6.45, 7) is 4.67. The molecule has 1 atom stereocenters. The number of carbonyl (C=O) groups is 1. The van der Waals surface area contributed by atoms with Crippen LogP contribution in [0.1, 0.15) is 21.5 Å². The molecule has 134 valence electrons. The van der Waals surface area contributed by atoms with Gasteiger partial charge in [0.1, 0.15) is 0 Å². The Balaban J connectivity index is 1.69. The van der Waals surface area contributed by atoms with Crippen LogP contribution in [0.15, 0.2) is 47.4 Å². The number of nitriles is 1. The highest BCUT2D eigenvalue weighted by Crippen LogP contribution is 2.20. The maximum atomic E-state index is 12.9. The van der Waals surface area contributed by atoms with E-state index >= 15 is 0 Å². The lowest BCUT2D eigenvalue weighted by Crippen LogP contribution is -2.49. The van der Waals surface area contributed by atoms with E-state index in [1.165, 1.54) is 0 Å². The molecule has 26 heavy (non-hydrogen) atoms. The summed E-state index contributed by atoms with van der Waals surface area (Å²) in [4.78, 5) is 17.6. The first-order valence-electron chi connectivity index (χ1n) is 8.48. The van der Waals surface area contributed by atoms with Crippen LogP contribution in [0.2, 0.25) is 0 Å². The van der Waals surface area contributed by atoms with Crippen LogP contribution in [0.5, 0.6) is 0 Å². The third-order valence-electron chi connectivity index (χ3n) is 4.70. The Labute approximate surface area is 156 Å². The predicted octanol–water partition coefficient (Wildman–Crippen LogP) is 2.57. The number of piperazine rings is 1. The highest BCUT2D eigenvalue weighted by molar-refractivity contribution is 7.84. The summed E-state index contributed by atoms with van der Waals surface area (Å²) < 4.78 is 11.7. The number of nitrogens with zero attached hydrogens (tertiary/aromatic N) is 3. The van der Waals surface area contributed by atoms with Crippen LogP contribution in [-0.2, 0) is 10.8 Å². The lowest BCUT2D eigenvalue weighted by molar-refractivity contribution is 0.0746. The first kappa shape index (κ1) is 18.2. The molecule has 0 spiro atoms. The minimum Gasteiger partial charge on any atom is -0.368 e. The largest absolute Gasteiger partial charge is 0.368 e. The number of amides is 1. The average Bonchev–Trinajstić information content (AvgIpc) is 2.68. The Kier molecular flexibility index (Phi) is 5.38.